The van der Waals surface area contributed by atoms with Crippen LogP contribution in [-0.4, -0.2) is 237 Å². The lowest BCUT2D eigenvalue weighted by molar-refractivity contribution is 0.0500. The van der Waals surface area contributed by atoms with E-state index in [1.807, 2.05) is 42.5 Å². The van der Waals surface area contributed by atoms with E-state index in [4.69, 9.17) is 48.5 Å². The predicted octanol–water partition coefficient (Wildman–Crippen LogP) is 5.42. The number of ether oxygens (including phenoxy) is 1. The van der Waals surface area contributed by atoms with E-state index in [0.717, 1.165) is 34.4 Å². The van der Waals surface area contributed by atoms with E-state index in [1.165, 1.54) is 79.2 Å². The van der Waals surface area contributed by atoms with Crippen molar-refractivity contribution < 1.29 is 113 Å². The summed E-state index contributed by atoms with van der Waals surface area (Å²) in [5.74, 6) is -4.28. The average molecular weight is 2100 g/mol. The van der Waals surface area contributed by atoms with Crippen LogP contribution in [0.1, 0.15) is 162 Å². The van der Waals surface area contributed by atoms with Crippen LogP contribution in [0.3, 0.4) is 0 Å². The maximum Gasteiger partial charge on any atom is 0.333 e. The molecule has 44 nitrogen and oxygen atoms in total. The van der Waals surface area contributed by atoms with Crippen molar-refractivity contribution in [2.24, 2.45) is 56.1 Å². The van der Waals surface area contributed by atoms with Crippen molar-refractivity contribution in [1.29, 1.82) is 0 Å². The number of hydrogen-bond acceptors (Lipinski definition) is 36. The number of methoxy groups -OCH3 is 1. The minimum atomic E-state index is -4.24. The second-order valence-corrected chi connectivity index (χ2v) is 40.7. The maximum absolute atomic E-state index is 14.8. The van der Waals surface area contributed by atoms with Gasteiger partial charge in [0.15, 0.2) is 5.78 Å². The van der Waals surface area contributed by atoms with Crippen molar-refractivity contribution in [3.8, 4) is 5.88 Å². The number of aliphatic hydroxyl groups excluding tert-OH is 4. The van der Waals surface area contributed by atoms with Gasteiger partial charge >= 0.3 is 41.2 Å². The monoisotopic (exact) mass is 2100 g/mol. The third-order valence-electron chi connectivity index (χ3n) is 24.0. The number of aliphatic hydroxyl groups is 5. The summed E-state index contributed by atoms with van der Waals surface area (Å²) in [6.45, 7) is 3.50. The van der Waals surface area contributed by atoms with Gasteiger partial charge in [-0.3, -0.25) is 50.0 Å². The largest absolute Gasteiger partial charge is 0.481 e. The fraction of sp³-hybridized carbons (Fsp3) is 0.378. The molecule has 9 aromatic heterocycles. The number of benzene rings is 3. The van der Waals surface area contributed by atoms with Crippen LogP contribution >= 0.6 is 23.2 Å². The van der Waals surface area contributed by atoms with Gasteiger partial charge in [-0.15, -0.1) is 0 Å². The number of rotatable bonds is 38. The molecular weight excluding hydrogens is 2000 g/mol. The molecule has 4 saturated carbocycles. The standard InChI is InChI=1S/C24H30N6O6S.C22H22Cl2FN5O5S.C22H23F2N5O5S.C22H26N6O6S/c1-24(2,33)17-5-3-4-15(8-17)12-30-7-6-20(29-30)22(32)19-11-26-14-27-23(19)28-18-9-16(21(31)10-18)13-36-37(25,34)35;23-15-3-1-2-12(4-15)8-30-9-13(6-18(30)24)20(31)16-7-27-11-28-22(16)29-17-5-14(21(32)19(17)25)10-35-36(26,33)34;23-16-2-1-14(18(24)8-16)10-29-4-3-19(28-29)22(31)17-9-26-12-27-20(17)6-13-5-15(21(30)7-13)11-34-35(25,32)33;1-33-22-15(3-2-5-25-22)11-28-6-4-18(27-28)21(30)17-10-24-13-26-19(17)8-14-7-16(20(29)9-14)12-34-35(23,31)32/h3-8,11,14,16,18,21,31,33H,9-10,12-13H2,1-2H3,(H2,25,34,35)(H,26,27,28);1-4,6-7,9,11,14,17,19,21,32H,5,8,10H2,(H2,26,33,34)(H,27,28,29);1-4,8-9,12-13,15,21,30H,5-7,10-11H2,(H2,25,32,33);2-6,10,13-14,16,20,29H,7-9,11-12H2,1H3,(H2,23,31,32)/t16-,18-,21+;14-,17-,19-,21-;13-,15+,21-;14-,16+,20-/m1100/s1. The highest BCUT2D eigenvalue weighted by Crippen LogP contribution is 2.39. The Hall–Kier alpha value is -12.2. The van der Waals surface area contributed by atoms with E-state index in [0.29, 0.717) is 104 Å². The van der Waals surface area contributed by atoms with Crippen LogP contribution in [0.2, 0.25) is 10.2 Å². The van der Waals surface area contributed by atoms with Gasteiger partial charge in [0.25, 0.3) is 0 Å². The summed E-state index contributed by atoms with van der Waals surface area (Å²) in [6.07, 6.45) is 16.6. The Kier molecular flexibility index (Phi) is 35.9. The van der Waals surface area contributed by atoms with Crippen molar-refractivity contribution in [3.05, 3.63) is 290 Å². The Morgan fingerprint density at radius 2 is 0.958 bits per heavy atom. The number of halogens is 5. The molecule has 4 aliphatic carbocycles. The number of pyridine rings is 1. The van der Waals surface area contributed by atoms with Gasteiger partial charge in [-0.25, -0.2) is 78.6 Å². The number of nitrogens with one attached hydrogen (secondary N) is 2. The van der Waals surface area contributed by atoms with Crippen LogP contribution in [0.25, 0.3) is 0 Å². The van der Waals surface area contributed by atoms with Gasteiger partial charge < -0.3 is 45.5 Å². The zero-order valence-electron chi connectivity index (χ0n) is 76.5. The second kappa shape index (κ2) is 47.5. The fourth-order valence-electron chi connectivity index (χ4n) is 17.0. The van der Waals surface area contributed by atoms with Gasteiger partial charge in [-0.2, -0.15) is 49.0 Å². The number of alkyl halides is 1. The molecule has 16 rings (SSSR count). The molecule has 13 atom stereocenters. The van der Waals surface area contributed by atoms with Gasteiger partial charge in [0, 0.05) is 120 Å². The smallest absolute Gasteiger partial charge is 0.333 e. The van der Waals surface area contributed by atoms with Crippen molar-refractivity contribution >= 4 is 99.2 Å². The van der Waals surface area contributed by atoms with E-state index in [2.05, 4.69) is 87.5 Å². The Bertz CT molecular complexity index is 7020. The number of aromatic nitrogens is 16. The van der Waals surface area contributed by atoms with Crippen molar-refractivity contribution in [2.45, 2.75) is 146 Å². The molecule has 9 heterocycles. The lowest BCUT2D eigenvalue weighted by atomic mass is 9.96. The highest BCUT2D eigenvalue weighted by molar-refractivity contribution is 7.85. The summed E-state index contributed by atoms with van der Waals surface area (Å²) in [6, 6.07) is 26.7. The first-order chi connectivity index (χ1) is 67.7. The average Bonchev–Trinajstić information content (AvgIpc) is 1.71. The number of nitrogens with zero attached hydrogens (tertiary/aromatic N) is 16. The first-order valence-electron chi connectivity index (χ1n) is 44.1. The minimum Gasteiger partial charge on any atom is -0.481 e. The van der Waals surface area contributed by atoms with Gasteiger partial charge in [0.1, 0.15) is 77.0 Å². The maximum atomic E-state index is 14.8. The quantitative estimate of drug-likeness (QED) is 0.0215. The topological polar surface area (TPSA) is 655 Å². The van der Waals surface area contributed by atoms with Crippen LogP contribution in [0.5, 0.6) is 5.88 Å². The summed E-state index contributed by atoms with van der Waals surface area (Å²) in [7, 11) is -15.0. The van der Waals surface area contributed by atoms with Crippen LogP contribution < -0.4 is 35.9 Å². The van der Waals surface area contributed by atoms with E-state index in [9.17, 15) is 91.6 Å². The summed E-state index contributed by atoms with van der Waals surface area (Å²) in [4.78, 5) is 89.7. The number of carbonyl (C=O) groups is 4. The van der Waals surface area contributed by atoms with E-state index in [-0.39, 0.29) is 125 Å². The zero-order chi connectivity index (χ0) is 103. The molecule has 0 unspecified atom stereocenters. The Morgan fingerprint density at radius 1 is 0.497 bits per heavy atom. The van der Waals surface area contributed by atoms with Crippen LogP contribution in [-0.2, 0) is 103 Å². The predicted molar refractivity (Wildman–Crippen MR) is 505 cm³/mol. The number of hydrogen-bond donors (Lipinski definition) is 11. The third-order valence-corrected chi connectivity index (χ3v) is 26.4. The zero-order valence-corrected chi connectivity index (χ0v) is 81.3. The van der Waals surface area contributed by atoms with Gasteiger partial charge in [-0.05, 0) is 149 Å². The van der Waals surface area contributed by atoms with Crippen LogP contribution in [0.15, 0.2) is 184 Å². The molecule has 12 aromatic rings. The summed E-state index contributed by atoms with van der Waals surface area (Å²) >= 11 is 12.4. The molecule has 53 heteroatoms. The molecule has 762 valence electrons. The Labute approximate surface area is 828 Å². The third kappa shape index (κ3) is 30.7. The number of carbonyl (C=O) groups excluding carboxylic acids is 4. The van der Waals surface area contributed by atoms with Gasteiger partial charge in [-0.1, -0.05) is 71.7 Å². The molecule has 15 N–H and O–H groups in total. The van der Waals surface area contributed by atoms with Gasteiger partial charge in [0.2, 0.25) is 23.2 Å². The second-order valence-electron chi connectivity index (χ2n) is 35.0. The fourth-order valence-corrected chi connectivity index (χ4v) is 18.9. The van der Waals surface area contributed by atoms with Gasteiger partial charge in [0.05, 0.1) is 123 Å². The molecule has 3 aromatic carbocycles. The van der Waals surface area contributed by atoms with Crippen molar-refractivity contribution in [1.82, 2.24) is 78.8 Å². The number of ketones is 4. The molecule has 4 fully saturated rings. The number of anilines is 2. The molecule has 0 amide bonds. The Morgan fingerprint density at radius 3 is 1.47 bits per heavy atom. The molecule has 4 aliphatic rings. The van der Waals surface area contributed by atoms with Crippen molar-refractivity contribution in [2.75, 3.05) is 44.2 Å². The minimum absolute atomic E-state index is 0.0112. The van der Waals surface area contributed by atoms with Crippen LogP contribution in [0, 0.1) is 47.1 Å². The summed E-state index contributed by atoms with van der Waals surface area (Å²) in [5, 5.41) is 90.7. The number of nitrogens with two attached hydrogens (primary N) is 4. The van der Waals surface area contributed by atoms with E-state index < -0.39 is 131 Å². The normalized spacial score (nSPS) is 20.7. The lowest BCUT2D eigenvalue weighted by Gasteiger charge is -2.18. The van der Waals surface area contributed by atoms with E-state index in [1.54, 1.807) is 90.0 Å². The molecular formula is C90H101Cl2F3N22O22S4. The van der Waals surface area contributed by atoms with Crippen LogP contribution in [0.4, 0.5) is 24.8 Å². The first kappa shape index (κ1) is 108. The summed E-state index contributed by atoms with van der Waals surface area (Å²) < 4.78 is 160. The molecule has 0 aliphatic heterocycles. The summed E-state index contributed by atoms with van der Waals surface area (Å²) in [5.41, 5.74) is 5.35. The molecule has 0 radical (unpaired) electrons. The highest BCUT2D eigenvalue weighted by Gasteiger charge is 2.45. The van der Waals surface area contributed by atoms with E-state index >= 15 is 0 Å². The molecule has 143 heavy (non-hydrogen) atoms. The molecule has 0 spiro atoms. The first-order valence-corrected chi connectivity index (χ1v) is 50.8. The SMILES string of the molecule is CC(C)(O)c1cccc(Cn2ccc(C(=O)c3cncnc3N[C@@H]3C[C@H](COS(N)(=O)=O)[C@@H](O)C3)n2)c1.COc1ncccc1Cn1ccc(C(=O)c2cncnc2C[C@@H]2C[C@H](COS(N)(=O)=O)[C@@H](O)C2)n1.NS(=O)(=O)OC[C@H]1C[C@@H](Cc2ncncc2C(=O)c2ccn(Cc3ccc(F)cc3F)n2)C[C@@H]1O.NS(=O)(=O)OC[C@H]1C[C@@H](Nc2ncncc2C(=O)c2cc(Cl)n(Cc3cccc(Cl)c3)c2)[C@@H](F)[C@@H]1O. The Balaban J connectivity index is 0.000000160. The molecule has 0 saturated heterocycles. The molecule has 0 bridgehead atoms. The van der Waals surface area contributed by atoms with Crippen molar-refractivity contribution in [3.63, 3.8) is 0 Å². The highest BCUT2D eigenvalue weighted by atomic mass is 35.5. The lowest BCUT2D eigenvalue weighted by Crippen LogP contribution is -2.33.